The third-order valence-corrected chi connectivity index (χ3v) is 4.95. The van der Waals surface area contributed by atoms with Gasteiger partial charge in [0.05, 0.1) is 12.3 Å². The average Bonchev–Trinajstić information content (AvgIpc) is 3.06. The molecule has 3 aromatic rings. The summed E-state index contributed by atoms with van der Waals surface area (Å²) in [4.78, 5) is 19.6. The number of amides is 1. The molecule has 0 aromatic heterocycles. The molecule has 4 rings (SSSR count). The summed E-state index contributed by atoms with van der Waals surface area (Å²) in [6.45, 7) is 2.56. The number of hydrogen-bond acceptors (Lipinski definition) is 3. The van der Waals surface area contributed by atoms with Crippen LogP contribution in [0, 0.1) is 0 Å². The van der Waals surface area contributed by atoms with Crippen molar-refractivity contribution in [2.45, 2.75) is 6.92 Å². The third-order valence-electron chi connectivity index (χ3n) is 4.45. The highest BCUT2D eigenvalue weighted by Crippen LogP contribution is 2.29. The molecule has 1 aliphatic rings. The summed E-state index contributed by atoms with van der Waals surface area (Å²) >= 11 is 3.49. The van der Waals surface area contributed by atoms with Crippen molar-refractivity contribution >= 4 is 39.4 Å². The Morgan fingerprint density at radius 3 is 2.45 bits per heavy atom. The van der Waals surface area contributed by atoms with Gasteiger partial charge in [-0.25, -0.2) is 4.99 Å². The van der Waals surface area contributed by atoms with Gasteiger partial charge in [-0.1, -0.05) is 64.5 Å². The maximum absolute atomic E-state index is 13.3. The monoisotopic (exact) mass is 446 g/mol. The fourth-order valence-electron chi connectivity index (χ4n) is 3.14. The maximum atomic E-state index is 13.3. The van der Waals surface area contributed by atoms with Crippen molar-refractivity contribution in [3.8, 4) is 5.75 Å². The number of halogens is 1. The van der Waals surface area contributed by atoms with Crippen molar-refractivity contribution in [1.29, 1.82) is 0 Å². The lowest BCUT2D eigenvalue weighted by molar-refractivity contribution is -0.113. The number of aliphatic imine (C=N–C) groups is 1. The Bertz CT molecular complexity index is 1090. The van der Waals surface area contributed by atoms with E-state index in [0.29, 0.717) is 18.1 Å². The summed E-state index contributed by atoms with van der Waals surface area (Å²) in [6, 6.07) is 25.0. The number of anilines is 1. The summed E-state index contributed by atoms with van der Waals surface area (Å²) in [5.41, 5.74) is 2.94. The second-order valence-corrected chi connectivity index (χ2v) is 7.37. The van der Waals surface area contributed by atoms with E-state index in [0.717, 1.165) is 27.0 Å². The highest BCUT2D eigenvalue weighted by molar-refractivity contribution is 9.10. The van der Waals surface area contributed by atoms with E-state index in [9.17, 15) is 4.79 Å². The molecule has 0 saturated heterocycles. The highest BCUT2D eigenvalue weighted by Gasteiger charge is 2.32. The summed E-state index contributed by atoms with van der Waals surface area (Å²) in [6.07, 6.45) is 1.80. The van der Waals surface area contributed by atoms with E-state index in [1.54, 1.807) is 11.0 Å². The van der Waals surface area contributed by atoms with E-state index >= 15 is 0 Å². The lowest BCUT2D eigenvalue weighted by Gasteiger charge is -2.18. The summed E-state index contributed by atoms with van der Waals surface area (Å²) in [7, 11) is 0. The van der Waals surface area contributed by atoms with Crippen LogP contribution >= 0.6 is 15.9 Å². The molecule has 5 heteroatoms. The normalized spacial score (nSPS) is 15.0. The van der Waals surface area contributed by atoms with Crippen molar-refractivity contribution in [2.24, 2.45) is 4.99 Å². The number of carbonyl (C=O) groups is 1. The zero-order valence-electron chi connectivity index (χ0n) is 15.9. The summed E-state index contributed by atoms with van der Waals surface area (Å²) in [5, 5.41) is 0. The number of rotatable bonds is 5. The number of hydrogen-bond donors (Lipinski definition) is 0. The molecule has 0 fully saturated rings. The van der Waals surface area contributed by atoms with Crippen molar-refractivity contribution in [1.82, 2.24) is 0 Å². The molecule has 144 valence electrons. The van der Waals surface area contributed by atoms with Crippen molar-refractivity contribution in [3.63, 3.8) is 0 Å². The van der Waals surface area contributed by atoms with Crippen LogP contribution in [0.25, 0.3) is 6.08 Å². The Hall–Kier alpha value is -3.18. The first-order valence-electron chi connectivity index (χ1n) is 9.34. The fourth-order valence-corrected chi connectivity index (χ4v) is 3.52. The van der Waals surface area contributed by atoms with Crippen LogP contribution in [0.3, 0.4) is 0 Å². The summed E-state index contributed by atoms with van der Waals surface area (Å²) in [5.74, 6) is 1.26. The standard InChI is InChI=1S/C24H19BrN2O2/c1-2-29-21-13-11-17(12-14-21)15-22-24(28)27(20-10-6-9-19(25)16-20)23(26-22)18-7-4-3-5-8-18/h3-16H,2H2,1H3/b22-15+. The number of benzene rings is 3. The minimum absolute atomic E-state index is 0.157. The van der Waals surface area contributed by atoms with Gasteiger partial charge >= 0.3 is 0 Å². The van der Waals surface area contributed by atoms with Crippen LogP contribution in [0.2, 0.25) is 0 Å². The van der Waals surface area contributed by atoms with E-state index in [4.69, 9.17) is 4.74 Å². The molecule has 0 spiro atoms. The zero-order chi connectivity index (χ0) is 20.2. The van der Waals surface area contributed by atoms with Gasteiger partial charge in [0.2, 0.25) is 0 Å². The lowest BCUT2D eigenvalue weighted by Crippen LogP contribution is -2.32. The number of nitrogens with zero attached hydrogens (tertiary/aromatic N) is 2. The molecule has 0 bridgehead atoms. The Labute approximate surface area is 178 Å². The van der Waals surface area contributed by atoms with Crippen LogP contribution in [0.5, 0.6) is 5.75 Å². The molecule has 3 aromatic carbocycles. The van der Waals surface area contributed by atoms with Gasteiger partial charge in [0, 0.05) is 10.0 Å². The van der Waals surface area contributed by atoms with Gasteiger partial charge in [-0.05, 0) is 48.9 Å². The molecule has 1 aliphatic heterocycles. The van der Waals surface area contributed by atoms with Gasteiger partial charge in [0.25, 0.3) is 5.91 Å². The van der Waals surface area contributed by atoms with E-state index in [-0.39, 0.29) is 5.91 Å². The highest BCUT2D eigenvalue weighted by atomic mass is 79.9. The topological polar surface area (TPSA) is 41.9 Å². The Kier molecular flexibility index (Phi) is 5.58. The Balaban J connectivity index is 1.75. The molecule has 0 N–H and O–H groups in total. The van der Waals surface area contributed by atoms with Gasteiger partial charge in [-0.2, -0.15) is 0 Å². The van der Waals surface area contributed by atoms with E-state index in [2.05, 4.69) is 20.9 Å². The first-order chi connectivity index (χ1) is 14.2. The molecule has 1 amide bonds. The molecule has 4 nitrogen and oxygen atoms in total. The lowest BCUT2D eigenvalue weighted by atomic mass is 10.1. The molecule has 0 unspecified atom stereocenters. The Morgan fingerprint density at radius 2 is 1.76 bits per heavy atom. The molecule has 0 saturated carbocycles. The van der Waals surface area contributed by atoms with Gasteiger partial charge in [-0.15, -0.1) is 0 Å². The van der Waals surface area contributed by atoms with Crippen LogP contribution in [0.4, 0.5) is 5.69 Å². The largest absolute Gasteiger partial charge is 0.494 e. The second-order valence-electron chi connectivity index (χ2n) is 6.45. The predicted molar refractivity (Wildman–Crippen MR) is 120 cm³/mol. The number of ether oxygens (including phenoxy) is 1. The van der Waals surface area contributed by atoms with Crippen LogP contribution in [-0.2, 0) is 4.79 Å². The van der Waals surface area contributed by atoms with Gasteiger partial charge in [0.15, 0.2) is 0 Å². The Morgan fingerprint density at radius 1 is 1.00 bits per heavy atom. The fraction of sp³-hybridized carbons (Fsp3) is 0.0833. The molecular weight excluding hydrogens is 428 g/mol. The minimum atomic E-state index is -0.157. The maximum Gasteiger partial charge on any atom is 0.282 e. The molecule has 29 heavy (non-hydrogen) atoms. The molecule has 0 radical (unpaired) electrons. The van der Waals surface area contributed by atoms with Crippen molar-refractivity contribution < 1.29 is 9.53 Å². The minimum Gasteiger partial charge on any atom is -0.494 e. The molecular formula is C24H19BrN2O2. The smallest absolute Gasteiger partial charge is 0.282 e. The van der Waals surface area contributed by atoms with Crippen LogP contribution in [-0.4, -0.2) is 18.3 Å². The first kappa shape index (κ1) is 19.2. The van der Waals surface area contributed by atoms with E-state index < -0.39 is 0 Å². The number of amidine groups is 1. The SMILES string of the molecule is CCOc1ccc(/C=C2/N=C(c3ccccc3)N(c3cccc(Br)c3)C2=O)cc1. The summed E-state index contributed by atoms with van der Waals surface area (Å²) < 4.78 is 6.39. The van der Waals surface area contributed by atoms with E-state index in [1.807, 2.05) is 85.8 Å². The van der Waals surface area contributed by atoms with Crippen molar-refractivity contribution in [2.75, 3.05) is 11.5 Å². The second kappa shape index (κ2) is 8.45. The van der Waals surface area contributed by atoms with Gasteiger partial charge < -0.3 is 4.74 Å². The van der Waals surface area contributed by atoms with Crippen molar-refractivity contribution in [3.05, 3.63) is 100 Å². The van der Waals surface area contributed by atoms with Gasteiger partial charge in [0.1, 0.15) is 17.3 Å². The number of carbonyl (C=O) groups excluding carboxylic acids is 1. The van der Waals surface area contributed by atoms with Gasteiger partial charge in [-0.3, -0.25) is 9.69 Å². The molecule has 0 aliphatic carbocycles. The van der Waals surface area contributed by atoms with E-state index in [1.165, 1.54) is 0 Å². The molecule has 0 atom stereocenters. The quantitative estimate of drug-likeness (QED) is 0.472. The predicted octanol–water partition coefficient (Wildman–Crippen LogP) is 5.68. The van der Waals surface area contributed by atoms with Crippen LogP contribution in [0.15, 0.2) is 94.0 Å². The van der Waals surface area contributed by atoms with Crippen LogP contribution in [0.1, 0.15) is 18.1 Å². The zero-order valence-corrected chi connectivity index (χ0v) is 17.5. The third kappa shape index (κ3) is 4.15. The average molecular weight is 447 g/mol. The molecule has 1 heterocycles. The van der Waals surface area contributed by atoms with Crippen LogP contribution < -0.4 is 9.64 Å². The first-order valence-corrected chi connectivity index (χ1v) is 10.1.